The lowest BCUT2D eigenvalue weighted by Crippen LogP contribution is -2.54. The second-order valence-corrected chi connectivity index (χ2v) is 7.07. The minimum absolute atomic E-state index is 0.0631. The number of benzene rings is 2. The molecule has 0 radical (unpaired) electrons. The number of nitrogens with one attached hydrogen (secondary N) is 1. The smallest absolute Gasteiger partial charge is 0.270 e. The highest BCUT2D eigenvalue weighted by Crippen LogP contribution is 2.26. The van der Waals surface area contributed by atoms with Crippen LogP contribution < -0.4 is 10.2 Å². The number of thiocarbonyl (C=S) groups is 1. The van der Waals surface area contributed by atoms with Gasteiger partial charge in [0.1, 0.15) is 5.57 Å². The molecule has 2 amide bonds. The molecule has 5 nitrogen and oxygen atoms in total. The highest BCUT2D eigenvalue weighted by atomic mass is 32.1. The summed E-state index contributed by atoms with van der Waals surface area (Å²) in [6.45, 7) is 4.82. The van der Waals surface area contributed by atoms with Gasteiger partial charge in [0, 0.05) is 29.2 Å². The second-order valence-electron chi connectivity index (χ2n) is 6.68. The van der Waals surface area contributed by atoms with Crippen molar-refractivity contribution in [2.75, 3.05) is 4.90 Å². The molecule has 1 N–H and O–H groups in total. The summed E-state index contributed by atoms with van der Waals surface area (Å²) in [4.78, 5) is 27.1. The van der Waals surface area contributed by atoms with Crippen molar-refractivity contribution in [3.8, 4) is 0 Å². The van der Waals surface area contributed by atoms with E-state index < -0.39 is 11.8 Å². The summed E-state index contributed by atoms with van der Waals surface area (Å²) in [6, 6.07) is 15.4. The van der Waals surface area contributed by atoms with Gasteiger partial charge in [0.05, 0.1) is 5.69 Å². The fraction of sp³-hybridized carbons (Fsp3) is 0.136. The van der Waals surface area contributed by atoms with Crippen LogP contribution in [0.15, 0.2) is 60.3 Å². The molecule has 0 saturated carbocycles. The summed E-state index contributed by atoms with van der Waals surface area (Å²) in [5, 5.41) is 3.72. The van der Waals surface area contributed by atoms with E-state index in [1.807, 2.05) is 61.7 Å². The SMILES string of the molecule is CCn1cc(/C=C2\C(=O)NC(=S)N(c3ccc(C)cc3)C2=O)c2ccccc21. The van der Waals surface area contributed by atoms with Crippen molar-refractivity contribution in [3.63, 3.8) is 0 Å². The van der Waals surface area contributed by atoms with Crippen molar-refractivity contribution in [1.29, 1.82) is 0 Å². The third-order valence-electron chi connectivity index (χ3n) is 4.85. The summed E-state index contributed by atoms with van der Waals surface area (Å²) < 4.78 is 2.09. The number of carbonyl (C=O) groups excluding carboxylic acids is 2. The number of para-hydroxylation sites is 1. The molecule has 1 aliphatic heterocycles. The van der Waals surface area contributed by atoms with Crippen LogP contribution in [0.5, 0.6) is 0 Å². The molecule has 28 heavy (non-hydrogen) atoms. The van der Waals surface area contributed by atoms with E-state index in [1.54, 1.807) is 6.08 Å². The quantitative estimate of drug-likeness (QED) is 0.421. The van der Waals surface area contributed by atoms with Gasteiger partial charge in [-0.05, 0) is 50.3 Å². The third-order valence-corrected chi connectivity index (χ3v) is 5.14. The summed E-state index contributed by atoms with van der Waals surface area (Å²) in [5.41, 5.74) is 3.65. The molecule has 1 aromatic heterocycles. The van der Waals surface area contributed by atoms with Gasteiger partial charge in [0.15, 0.2) is 5.11 Å². The molecule has 6 heteroatoms. The number of aryl methyl sites for hydroxylation is 2. The van der Waals surface area contributed by atoms with Crippen molar-refractivity contribution < 1.29 is 9.59 Å². The topological polar surface area (TPSA) is 54.3 Å². The van der Waals surface area contributed by atoms with Crippen LogP contribution in [0.3, 0.4) is 0 Å². The van der Waals surface area contributed by atoms with Gasteiger partial charge in [-0.1, -0.05) is 35.9 Å². The van der Waals surface area contributed by atoms with Gasteiger partial charge >= 0.3 is 0 Å². The number of amides is 2. The molecule has 0 aliphatic carbocycles. The van der Waals surface area contributed by atoms with Gasteiger partial charge in [-0.3, -0.25) is 19.8 Å². The molecule has 0 unspecified atom stereocenters. The van der Waals surface area contributed by atoms with Crippen molar-refractivity contribution in [2.24, 2.45) is 0 Å². The maximum Gasteiger partial charge on any atom is 0.270 e. The van der Waals surface area contributed by atoms with Crippen LogP contribution in [-0.2, 0) is 16.1 Å². The predicted molar refractivity (Wildman–Crippen MR) is 115 cm³/mol. The number of fused-ring (bicyclic) bond motifs is 1. The highest BCUT2D eigenvalue weighted by molar-refractivity contribution is 7.80. The monoisotopic (exact) mass is 389 g/mol. The Morgan fingerprint density at radius 2 is 1.79 bits per heavy atom. The summed E-state index contributed by atoms with van der Waals surface area (Å²) in [6.07, 6.45) is 3.61. The fourth-order valence-electron chi connectivity index (χ4n) is 3.39. The number of aromatic nitrogens is 1. The molecule has 0 spiro atoms. The van der Waals surface area contributed by atoms with E-state index in [-0.39, 0.29) is 10.7 Å². The molecule has 2 aromatic carbocycles. The van der Waals surface area contributed by atoms with E-state index in [0.29, 0.717) is 5.69 Å². The fourth-order valence-corrected chi connectivity index (χ4v) is 3.67. The Kier molecular flexibility index (Phi) is 4.57. The van der Waals surface area contributed by atoms with Crippen LogP contribution in [0.4, 0.5) is 5.69 Å². The van der Waals surface area contributed by atoms with E-state index in [4.69, 9.17) is 12.2 Å². The first-order valence-electron chi connectivity index (χ1n) is 9.05. The van der Waals surface area contributed by atoms with E-state index in [2.05, 4.69) is 16.8 Å². The van der Waals surface area contributed by atoms with E-state index in [0.717, 1.165) is 28.6 Å². The summed E-state index contributed by atoms with van der Waals surface area (Å²) >= 11 is 5.26. The van der Waals surface area contributed by atoms with Crippen LogP contribution in [-0.4, -0.2) is 21.5 Å². The Labute approximate surface area is 168 Å². The van der Waals surface area contributed by atoms with Gasteiger partial charge in [-0.15, -0.1) is 0 Å². The Morgan fingerprint density at radius 1 is 1.07 bits per heavy atom. The first kappa shape index (κ1) is 18.1. The average molecular weight is 389 g/mol. The van der Waals surface area contributed by atoms with E-state index in [9.17, 15) is 9.59 Å². The molecule has 1 aliphatic rings. The maximum absolute atomic E-state index is 13.2. The van der Waals surface area contributed by atoms with Crippen molar-refractivity contribution >= 4 is 51.8 Å². The first-order chi connectivity index (χ1) is 13.5. The Hall–Kier alpha value is -3.25. The molecule has 2 heterocycles. The number of hydrogen-bond donors (Lipinski definition) is 1. The molecular formula is C22H19N3O2S. The number of nitrogens with zero attached hydrogens (tertiary/aromatic N) is 2. The van der Waals surface area contributed by atoms with Crippen LogP contribution in [0.25, 0.3) is 17.0 Å². The molecule has 0 atom stereocenters. The standard InChI is InChI=1S/C22H19N3O2S/c1-3-24-13-15(17-6-4-5-7-19(17)24)12-18-20(26)23-22(28)25(21(18)27)16-10-8-14(2)9-11-16/h4-13H,3H2,1-2H3,(H,23,26,28)/b18-12+. The van der Waals surface area contributed by atoms with E-state index in [1.165, 1.54) is 4.90 Å². The minimum atomic E-state index is -0.480. The largest absolute Gasteiger partial charge is 0.347 e. The van der Waals surface area contributed by atoms with Crippen LogP contribution >= 0.6 is 12.2 Å². The Balaban J connectivity index is 1.80. The molecule has 3 aromatic rings. The maximum atomic E-state index is 13.2. The Bertz CT molecular complexity index is 1140. The van der Waals surface area contributed by atoms with Crippen molar-refractivity contribution in [2.45, 2.75) is 20.4 Å². The number of hydrogen-bond acceptors (Lipinski definition) is 3. The molecule has 0 bridgehead atoms. The third kappa shape index (κ3) is 3.01. The van der Waals surface area contributed by atoms with E-state index >= 15 is 0 Å². The summed E-state index contributed by atoms with van der Waals surface area (Å²) in [5.74, 6) is -0.905. The lowest BCUT2D eigenvalue weighted by atomic mass is 10.1. The van der Waals surface area contributed by atoms with Gasteiger partial charge < -0.3 is 4.57 Å². The van der Waals surface area contributed by atoms with Crippen LogP contribution in [0.2, 0.25) is 0 Å². The number of rotatable bonds is 3. The first-order valence-corrected chi connectivity index (χ1v) is 9.46. The molecule has 140 valence electrons. The summed E-state index contributed by atoms with van der Waals surface area (Å²) in [7, 11) is 0. The molecule has 1 saturated heterocycles. The lowest BCUT2D eigenvalue weighted by molar-refractivity contribution is -0.122. The zero-order valence-corrected chi connectivity index (χ0v) is 16.4. The van der Waals surface area contributed by atoms with Crippen molar-refractivity contribution in [1.82, 2.24) is 9.88 Å². The molecular weight excluding hydrogens is 370 g/mol. The lowest BCUT2D eigenvalue weighted by Gasteiger charge is -2.29. The normalized spacial score (nSPS) is 16.1. The highest BCUT2D eigenvalue weighted by Gasteiger charge is 2.34. The second kappa shape index (κ2) is 7.05. The average Bonchev–Trinajstić information content (AvgIpc) is 3.04. The van der Waals surface area contributed by atoms with Crippen LogP contribution in [0, 0.1) is 6.92 Å². The van der Waals surface area contributed by atoms with Gasteiger partial charge in [0.2, 0.25) is 0 Å². The Morgan fingerprint density at radius 3 is 2.50 bits per heavy atom. The van der Waals surface area contributed by atoms with Gasteiger partial charge in [-0.2, -0.15) is 0 Å². The van der Waals surface area contributed by atoms with Crippen LogP contribution in [0.1, 0.15) is 18.1 Å². The zero-order chi connectivity index (χ0) is 19.8. The van der Waals surface area contributed by atoms with Gasteiger partial charge in [0.25, 0.3) is 11.8 Å². The molecule has 4 rings (SSSR count). The number of anilines is 1. The number of carbonyl (C=O) groups is 2. The molecule has 1 fully saturated rings. The van der Waals surface area contributed by atoms with Gasteiger partial charge in [-0.25, -0.2) is 0 Å². The van der Waals surface area contributed by atoms with Crippen molar-refractivity contribution in [3.05, 3.63) is 71.4 Å². The predicted octanol–water partition coefficient (Wildman–Crippen LogP) is 3.80. The minimum Gasteiger partial charge on any atom is -0.347 e. The zero-order valence-electron chi connectivity index (χ0n) is 15.6.